The van der Waals surface area contributed by atoms with Crippen LogP contribution < -0.4 is 10.6 Å². The van der Waals surface area contributed by atoms with Crippen LogP contribution in [0.3, 0.4) is 0 Å². The van der Waals surface area contributed by atoms with Crippen molar-refractivity contribution in [2.45, 2.75) is 40.8 Å². The van der Waals surface area contributed by atoms with Crippen LogP contribution in [0.15, 0.2) is 36.4 Å². The van der Waals surface area contributed by atoms with E-state index in [0.29, 0.717) is 46.3 Å². The molecule has 0 aliphatic rings. The lowest BCUT2D eigenvalue weighted by atomic mass is 10.1. The summed E-state index contributed by atoms with van der Waals surface area (Å²) in [5.74, 6) is -1.22. The van der Waals surface area contributed by atoms with Crippen molar-refractivity contribution in [1.82, 2.24) is 10.6 Å². The number of hydrogen-bond donors (Lipinski definition) is 2. The van der Waals surface area contributed by atoms with Crippen LogP contribution in [0.25, 0.3) is 0 Å². The Labute approximate surface area is 247 Å². The Morgan fingerprint density at radius 3 is 1.24 bits per heavy atom. The van der Waals surface area contributed by atoms with Crippen LogP contribution in [-0.2, 0) is 22.7 Å². The smallest absolute Gasteiger partial charge is 0.309 e. The second-order valence-electron chi connectivity index (χ2n) is 9.72. The van der Waals surface area contributed by atoms with Gasteiger partial charge in [0.25, 0.3) is 0 Å². The Morgan fingerprint density at radius 2 is 0.947 bits per heavy atom. The minimum Gasteiger partial charge on any atom is -0.342 e. The predicted molar refractivity (Wildman–Crippen MR) is 159 cm³/mol. The monoisotopic (exact) mass is 604 g/mol. The largest absolute Gasteiger partial charge is 0.342 e. The molecule has 0 fully saturated rings. The van der Waals surface area contributed by atoms with E-state index in [1.165, 1.54) is 0 Å². The highest BCUT2D eigenvalue weighted by Gasteiger charge is 2.26. The van der Waals surface area contributed by atoms with E-state index >= 15 is 0 Å². The summed E-state index contributed by atoms with van der Waals surface area (Å²) in [7, 11) is 0. The maximum atomic E-state index is 12.5. The Bertz CT molecular complexity index is 1000. The summed E-state index contributed by atoms with van der Waals surface area (Å²) in [6.45, 7) is 15.7. The van der Waals surface area contributed by atoms with Gasteiger partial charge in [0.05, 0.1) is 72.4 Å². The van der Waals surface area contributed by atoms with Gasteiger partial charge in [-0.15, -0.1) is 0 Å². The Balaban J connectivity index is 1.88. The average molecular weight is 606 g/mol. The van der Waals surface area contributed by atoms with E-state index in [-0.39, 0.29) is 0 Å². The Morgan fingerprint density at radius 1 is 0.605 bits per heavy atom. The summed E-state index contributed by atoms with van der Waals surface area (Å²) in [5, 5.41) is 7.71. The number of benzene rings is 2. The van der Waals surface area contributed by atoms with Crippen LogP contribution in [0, 0.1) is 0 Å². The molecule has 2 rings (SSSR count). The number of nitrogens with zero attached hydrogens (tertiary/aromatic N) is 2. The van der Waals surface area contributed by atoms with E-state index in [1.54, 1.807) is 12.1 Å². The van der Waals surface area contributed by atoms with E-state index in [9.17, 15) is 9.59 Å². The number of nitrogens with one attached hydrogen (secondary N) is 2. The topological polar surface area (TPSA) is 58.2 Å². The number of amides is 2. The lowest BCUT2D eigenvalue weighted by molar-refractivity contribution is -0.936. The first-order valence-corrected chi connectivity index (χ1v) is 14.7. The minimum atomic E-state index is -0.611. The standard InChI is InChI=1S/C28H38Cl4N4O2/c1-5-35(6-2,19-21-9-11-23(29)25(31)17-21)15-13-33-27(37)28(38)34-14-16-36(7-3,8-4)20-22-10-12-24(30)26(32)18-22/h9-12,17-18H,5-8,13-16,19-20H2,1-4H3/p+2. The van der Waals surface area contributed by atoms with Crippen molar-refractivity contribution in [1.29, 1.82) is 0 Å². The van der Waals surface area contributed by atoms with Crippen molar-refractivity contribution in [2.24, 2.45) is 0 Å². The molecule has 0 bridgehead atoms. The molecule has 0 atom stereocenters. The molecule has 0 unspecified atom stereocenters. The van der Waals surface area contributed by atoms with Crippen molar-refractivity contribution >= 4 is 58.2 Å². The second kappa shape index (κ2) is 15.3. The molecule has 0 radical (unpaired) electrons. The molecule has 0 aromatic heterocycles. The van der Waals surface area contributed by atoms with Crippen molar-refractivity contribution in [3.05, 3.63) is 67.6 Å². The molecule has 2 N–H and O–H groups in total. The number of carbonyl (C=O) groups excluding carboxylic acids is 2. The highest BCUT2D eigenvalue weighted by atomic mass is 35.5. The van der Waals surface area contributed by atoms with Gasteiger partial charge in [-0.2, -0.15) is 0 Å². The molecule has 6 nitrogen and oxygen atoms in total. The van der Waals surface area contributed by atoms with Gasteiger partial charge in [-0.3, -0.25) is 9.59 Å². The zero-order chi connectivity index (χ0) is 28.3. The number of likely N-dealkylation sites (N-methyl/N-ethyl adjacent to an activating group) is 2. The van der Waals surface area contributed by atoms with Crippen LogP contribution in [0.1, 0.15) is 38.8 Å². The van der Waals surface area contributed by atoms with Gasteiger partial charge in [0.1, 0.15) is 13.1 Å². The number of carbonyl (C=O) groups is 2. The normalized spacial score (nSPS) is 11.9. The van der Waals surface area contributed by atoms with Crippen LogP contribution in [0.5, 0.6) is 0 Å². The van der Waals surface area contributed by atoms with E-state index in [2.05, 4.69) is 38.3 Å². The summed E-state index contributed by atoms with van der Waals surface area (Å²) in [4.78, 5) is 25.0. The maximum Gasteiger partial charge on any atom is 0.309 e. The minimum absolute atomic E-state index is 0.399. The maximum absolute atomic E-state index is 12.5. The Hall–Kier alpha value is -1.54. The molecule has 0 saturated carbocycles. The molecule has 2 aromatic rings. The lowest BCUT2D eigenvalue weighted by Crippen LogP contribution is -2.53. The van der Waals surface area contributed by atoms with E-state index in [0.717, 1.165) is 59.4 Å². The van der Waals surface area contributed by atoms with Crippen molar-refractivity contribution < 1.29 is 18.6 Å². The molecule has 0 saturated heterocycles. The van der Waals surface area contributed by atoms with Gasteiger partial charge in [0.15, 0.2) is 0 Å². The number of halogens is 4. The van der Waals surface area contributed by atoms with Gasteiger partial charge in [-0.1, -0.05) is 58.5 Å². The van der Waals surface area contributed by atoms with Gasteiger partial charge in [0.2, 0.25) is 0 Å². The molecule has 0 heterocycles. The average Bonchev–Trinajstić information content (AvgIpc) is 2.91. The Kier molecular flexibility index (Phi) is 13.2. The molecule has 38 heavy (non-hydrogen) atoms. The zero-order valence-electron chi connectivity index (χ0n) is 22.8. The molecular weight excluding hydrogens is 566 g/mol. The first-order chi connectivity index (χ1) is 18.0. The van der Waals surface area contributed by atoms with Crippen LogP contribution >= 0.6 is 46.4 Å². The van der Waals surface area contributed by atoms with Crippen molar-refractivity contribution in [3.8, 4) is 0 Å². The third kappa shape index (κ3) is 9.29. The van der Waals surface area contributed by atoms with E-state index in [4.69, 9.17) is 46.4 Å². The number of rotatable bonds is 14. The molecule has 0 aliphatic carbocycles. The van der Waals surface area contributed by atoms with Gasteiger partial charge in [-0.25, -0.2) is 0 Å². The SMILES string of the molecule is CC[N+](CC)(CCNC(=O)C(=O)NCC[N+](CC)(CC)Cc1ccc(Cl)c(Cl)c1)Cc1ccc(Cl)c(Cl)c1. The molecule has 210 valence electrons. The first-order valence-electron chi connectivity index (χ1n) is 13.2. The van der Waals surface area contributed by atoms with Gasteiger partial charge >= 0.3 is 11.8 Å². The van der Waals surface area contributed by atoms with Crippen LogP contribution in [0.2, 0.25) is 20.1 Å². The molecular formula is C28H40Cl4N4O2+2. The summed E-state index contributed by atoms with van der Waals surface area (Å²) >= 11 is 24.5. The third-order valence-electron chi connectivity index (χ3n) is 7.64. The van der Waals surface area contributed by atoms with Gasteiger partial charge < -0.3 is 19.6 Å². The molecule has 2 amide bonds. The highest BCUT2D eigenvalue weighted by molar-refractivity contribution is 6.42. The third-order valence-corrected chi connectivity index (χ3v) is 9.11. The second-order valence-corrected chi connectivity index (χ2v) is 11.3. The first kappa shape index (κ1) is 32.7. The quantitative estimate of drug-likeness (QED) is 0.207. The fourth-order valence-corrected chi connectivity index (χ4v) is 5.35. The van der Waals surface area contributed by atoms with Crippen molar-refractivity contribution in [3.63, 3.8) is 0 Å². The molecule has 0 spiro atoms. The van der Waals surface area contributed by atoms with E-state index < -0.39 is 11.8 Å². The highest BCUT2D eigenvalue weighted by Crippen LogP contribution is 2.26. The van der Waals surface area contributed by atoms with Crippen LogP contribution in [-0.4, -0.2) is 73.1 Å². The summed E-state index contributed by atoms with van der Waals surface area (Å²) < 4.78 is 1.50. The molecule has 10 heteroatoms. The fraction of sp³-hybridized carbons (Fsp3) is 0.500. The molecule has 0 aliphatic heterocycles. The summed E-state index contributed by atoms with van der Waals surface area (Å²) in [6, 6.07) is 11.3. The van der Waals surface area contributed by atoms with Gasteiger partial charge in [-0.05, 0) is 52.0 Å². The van der Waals surface area contributed by atoms with Crippen molar-refractivity contribution in [2.75, 3.05) is 52.4 Å². The zero-order valence-corrected chi connectivity index (χ0v) is 25.8. The lowest BCUT2D eigenvalue weighted by Gasteiger charge is -2.37. The molecule has 2 aromatic carbocycles. The summed E-state index contributed by atoms with van der Waals surface area (Å²) in [5.41, 5.74) is 2.17. The number of quaternary nitrogens is 2. The summed E-state index contributed by atoms with van der Waals surface area (Å²) in [6.07, 6.45) is 0. The van der Waals surface area contributed by atoms with E-state index in [1.807, 2.05) is 24.3 Å². The predicted octanol–water partition coefficient (Wildman–Crippen LogP) is 5.95. The van der Waals surface area contributed by atoms with Gasteiger partial charge in [0, 0.05) is 11.1 Å². The number of hydrogen-bond acceptors (Lipinski definition) is 2. The fourth-order valence-electron chi connectivity index (χ4n) is 4.71. The van der Waals surface area contributed by atoms with Crippen LogP contribution in [0.4, 0.5) is 0 Å².